The Morgan fingerprint density at radius 2 is 2.19 bits per heavy atom. The maximum atomic E-state index is 11.0. The molecule has 0 saturated carbocycles. The Balaban J connectivity index is 1.90. The fourth-order valence-electron chi connectivity index (χ4n) is 1.48. The second-order valence-corrected chi connectivity index (χ2v) is 3.55. The van der Waals surface area contributed by atoms with Gasteiger partial charge in [-0.2, -0.15) is 0 Å². The lowest BCUT2D eigenvalue weighted by molar-refractivity contribution is -0.355. The van der Waals surface area contributed by atoms with Gasteiger partial charge >= 0.3 is 0 Å². The molecule has 1 aromatic rings. The second-order valence-electron chi connectivity index (χ2n) is 3.55. The molecule has 1 aliphatic rings. The van der Waals surface area contributed by atoms with Crippen molar-refractivity contribution in [3.8, 4) is 11.5 Å². The van der Waals surface area contributed by atoms with Crippen LogP contribution in [0.1, 0.15) is 0 Å². The van der Waals surface area contributed by atoms with Gasteiger partial charge in [0.1, 0.15) is 12.7 Å². The van der Waals surface area contributed by atoms with Crippen LogP contribution in [0, 0.1) is 0 Å². The monoisotopic (exact) mass is 223 g/mol. The van der Waals surface area contributed by atoms with Crippen LogP contribution >= 0.6 is 0 Å². The molecule has 0 aliphatic carbocycles. The molecule has 0 spiro atoms. The van der Waals surface area contributed by atoms with Crippen molar-refractivity contribution in [1.82, 2.24) is 5.32 Å². The maximum absolute atomic E-state index is 11.0. The predicted octanol–water partition coefficient (Wildman–Crippen LogP) is -0.815. The molecule has 0 aromatic heterocycles. The van der Waals surface area contributed by atoms with Gasteiger partial charge < -0.3 is 20.5 Å². The van der Waals surface area contributed by atoms with E-state index in [2.05, 4.69) is 11.1 Å². The van der Waals surface area contributed by atoms with Gasteiger partial charge in [0.2, 0.25) is 0 Å². The van der Waals surface area contributed by atoms with E-state index in [1.807, 2.05) is 24.3 Å². The lowest BCUT2D eigenvalue weighted by atomic mass is 10.2. The summed E-state index contributed by atoms with van der Waals surface area (Å²) in [6, 6.07) is 7.50. The van der Waals surface area contributed by atoms with Gasteiger partial charge in [0.05, 0.1) is 6.54 Å². The summed E-state index contributed by atoms with van der Waals surface area (Å²) in [7, 11) is 0. The minimum Gasteiger partial charge on any atom is -0.486 e. The third-order valence-electron chi connectivity index (χ3n) is 2.32. The second kappa shape index (κ2) is 4.85. The van der Waals surface area contributed by atoms with Crippen molar-refractivity contribution in [3.63, 3.8) is 0 Å². The lowest BCUT2D eigenvalue weighted by Gasteiger charge is -2.26. The van der Waals surface area contributed by atoms with E-state index in [4.69, 9.17) is 9.47 Å². The van der Waals surface area contributed by atoms with E-state index in [1.165, 1.54) is 0 Å². The summed E-state index contributed by atoms with van der Waals surface area (Å²) in [6.07, 6.45) is -0.134. The van der Waals surface area contributed by atoms with E-state index >= 15 is 0 Å². The Morgan fingerprint density at radius 3 is 2.94 bits per heavy atom. The van der Waals surface area contributed by atoms with Crippen LogP contribution in [0.4, 0.5) is 0 Å². The Labute approximate surface area is 93.5 Å². The van der Waals surface area contributed by atoms with Crippen LogP contribution in [0.25, 0.3) is 0 Å². The zero-order valence-electron chi connectivity index (χ0n) is 8.94. The number of rotatable bonds is 3. The molecule has 5 nitrogen and oxygen atoms in total. The molecule has 1 atom stereocenters. The number of benzene rings is 1. The van der Waals surface area contributed by atoms with Gasteiger partial charge in [0.25, 0.3) is 5.91 Å². The van der Waals surface area contributed by atoms with Crippen molar-refractivity contribution in [1.29, 1.82) is 0 Å². The smallest absolute Gasteiger partial charge is 0.275 e. The Kier molecular flexibility index (Phi) is 3.26. The summed E-state index contributed by atoms with van der Waals surface area (Å²) in [6.45, 7) is 1.14. The Morgan fingerprint density at radius 1 is 1.44 bits per heavy atom. The van der Waals surface area contributed by atoms with E-state index in [0.717, 1.165) is 11.5 Å². The summed E-state index contributed by atoms with van der Waals surface area (Å²) >= 11 is 0. The van der Waals surface area contributed by atoms with Gasteiger partial charge in [-0.25, -0.2) is 0 Å². The van der Waals surface area contributed by atoms with Crippen molar-refractivity contribution in [2.24, 2.45) is 0 Å². The first-order chi connectivity index (χ1) is 7.79. The molecule has 1 aromatic carbocycles. The topological polar surface area (TPSA) is 75.2 Å². The number of ether oxygens (including phenoxy) is 2. The SMILES string of the molecule is [NH3+]CC(=O)NCC1COc2ccccc2O1. The van der Waals surface area contributed by atoms with Crippen LogP contribution in [-0.4, -0.2) is 31.7 Å². The highest BCUT2D eigenvalue weighted by Crippen LogP contribution is 2.30. The summed E-state index contributed by atoms with van der Waals surface area (Å²) in [5.74, 6) is 1.40. The largest absolute Gasteiger partial charge is 0.486 e. The molecular formula is C11H15N2O3+. The van der Waals surface area contributed by atoms with Crippen molar-refractivity contribution < 1.29 is 20.0 Å². The van der Waals surface area contributed by atoms with Gasteiger partial charge in [-0.3, -0.25) is 4.79 Å². The van der Waals surface area contributed by atoms with Crippen LogP contribution in [-0.2, 0) is 4.79 Å². The summed E-state index contributed by atoms with van der Waals surface area (Å²) < 4.78 is 11.2. The molecule has 1 aliphatic heterocycles. The molecule has 86 valence electrons. The average Bonchev–Trinajstić information content (AvgIpc) is 2.35. The number of carbonyl (C=O) groups is 1. The van der Waals surface area contributed by atoms with Crippen LogP contribution in [0.3, 0.4) is 0 Å². The van der Waals surface area contributed by atoms with E-state index in [9.17, 15) is 4.79 Å². The standard InChI is InChI=1S/C11H14N2O3/c12-5-11(14)13-6-8-7-15-9-3-1-2-4-10(9)16-8/h1-4,8H,5-7,12H2,(H,13,14)/p+1. The molecule has 4 N–H and O–H groups in total. The van der Waals surface area contributed by atoms with Gasteiger partial charge in [0.15, 0.2) is 18.0 Å². The first-order valence-corrected chi connectivity index (χ1v) is 5.24. The molecule has 1 heterocycles. The predicted molar refractivity (Wildman–Crippen MR) is 57.1 cm³/mol. The molecule has 1 amide bonds. The molecule has 16 heavy (non-hydrogen) atoms. The van der Waals surface area contributed by atoms with E-state index < -0.39 is 0 Å². The fourth-order valence-corrected chi connectivity index (χ4v) is 1.48. The first kappa shape index (κ1) is 10.8. The third-order valence-corrected chi connectivity index (χ3v) is 2.32. The lowest BCUT2D eigenvalue weighted by Crippen LogP contribution is -2.58. The highest BCUT2D eigenvalue weighted by atomic mass is 16.6. The molecule has 0 fully saturated rings. The number of nitrogens with one attached hydrogen (secondary N) is 1. The number of amides is 1. The van der Waals surface area contributed by atoms with Crippen molar-refractivity contribution in [2.75, 3.05) is 19.7 Å². The minimum atomic E-state index is -0.134. The van der Waals surface area contributed by atoms with Crippen LogP contribution in [0.15, 0.2) is 24.3 Å². The van der Waals surface area contributed by atoms with Crippen molar-refractivity contribution in [2.45, 2.75) is 6.10 Å². The minimum absolute atomic E-state index is 0.0811. The Bertz CT molecular complexity index is 381. The zero-order chi connectivity index (χ0) is 11.4. The van der Waals surface area contributed by atoms with E-state index in [-0.39, 0.29) is 18.6 Å². The molecule has 5 heteroatoms. The highest BCUT2D eigenvalue weighted by Gasteiger charge is 2.20. The average molecular weight is 223 g/mol. The highest BCUT2D eigenvalue weighted by molar-refractivity contribution is 5.76. The molecule has 1 unspecified atom stereocenters. The third kappa shape index (κ3) is 2.43. The summed E-state index contributed by atoms with van der Waals surface area (Å²) in [5, 5.41) is 2.73. The number of hydrogen-bond acceptors (Lipinski definition) is 3. The fraction of sp³-hybridized carbons (Fsp3) is 0.364. The Hall–Kier alpha value is -1.75. The van der Waals surface area contributed by atoms with Crippen LogP contribution < -0.4 is 20.5 Å². The first-order valence-electron chi connectivity index (χ1n) is 5.24. The molecule has 0 radical (unpaired) electrons. The number of quaternary nitrogens is 1. The summed E-state index contributed by atoms with van der Waals surface area (Å²) in [4.78, 5) is 11.0. The van der Waals surface area contributed by atoms with Crippen LogP contribution in [0.5, 0.6) is 11.5 Å². The van der Waals surface area contributed by atoms with Crippen LogP contribution in [0.2, 0.25) is 0 Å². The molecule has 2 rings (SSSR count). The zero-order valence-corrected chi connectivity index (χ0v) is 8.94. The van der Waals surface area contributed by atoms with Gasteiger partial charge in [-0.05, 0) is 12.1 Å². The molecule has 0 bridgehead atoms. The number of carbonyl (C=O) groups excluding carboxylic acids is 1. The molecular weight excluding hydrogens is 208 g/mol. The number of hydrogen-bond donors (Lipinski definition) is 2. The van der Waals surface area contributed by atoms with Gasteiger partial charge in [-0.1, -0.05) is 12.1 Å². The van der Waals surface area contributed by atoms with Crippen molar-refractivity contribution in [3.05, 3.63) is 24.3 Å². The quantitative estimate of drug-likeness (QED) is 0.703. The van der Waals surface area contributed by atoms with Gasteiger partial charge in [0, 0.05) is 0 Å². The normalized spacial score (nSPS) is 17.9. The van der Waals surface area contributed by atoms with Gasteiger partial charge in [-0.15, -0.1) is 0 Å². The number of fused-ring (bicyclic) bond motifs is 1. The van der Waals surface area contributed by atoms with E-state index in [1.54, 1.807) is 0 Å². The molecule has 0 saturated heterocycles. The summed E-state index contributed by atoms with van der Waals surface area (Å²) in [5.41, 5.74) is 3.50. The van der Waals surface area contributed by atoms with Crippen molar-refractivity contribution >= 4 is 5.91 Å². The van der Waals surface area contributed by atoms with E-state index in [0.29, 0.717) is 13.2 Å². The number of para-hydroxylation sites is 2. The maximum Gasteiger partial charge on any atom is 0.275 e.